The van der Waals surface area contributed by atoms with Crippen LogP contribution in [0.1, 0.15) is 57.4 Å². The Hall–Kier alpha value is -1.56. The number of benzene rings is 1. The first kappa shape index (κ1) is 19.8. The van der Waals surface area contributed by atoms with Crippen molar-refractivity contribution in [3.8, 4) is 0 Å². The first-order chi connectivity index (χ1) is 11.8. The van der Waals surface area contributed by atoms with Crippen molar-refractivity contribution < 1.29 is 13.2 Å². The highest BCUT2D eigenvalue weighted by Crippen LogP contribution is 2.28. The number of hydrogen-bond donors (Lipinski definition) is 1. The molecule has 0 unspecified atom stereocenters. The number of anilines is 1. The van der Waals surface area contributed by atoms with Gasteiger partial charge in [0.05, 0.1) is 18.5 Å². The Bertz CT molecular complexity index is 680. The van der Waals surface area contributed by atoms with E-state index < -0.39 is 10.0 Å². The molecule has 0 aromatic heterocycles. The van der Waals surface area contributed by atoms with Crippen molar-refractivity contribution in [2.45, 2.75) is 51.9 Å². The first-order valence-electron chi connectivity index (χ1n) is 9.15. The number of amides is 1. The van der Waals surface area contributed by atoms with Gasteiger partial charge in [0.25, 0.3) is 0 Å². The Morgan fingerprint density at radius 2 is 1.84 bits per heavy atom. The number of nitrogens with one attached hydrogen (secondary N) is 1. The van der Waals surface area contributed by atoms with Gasteiger partial charge in [-0.3, -0.25) is 9.10 Å². The van der Waals surface area contributed by atoms with E-state index in [2.05, 4.69) is 5.32 Å². The molecule has 1 fully saturated rings. The van der Waals surface area contributed by atoms with Crippen molar-refractivity contribution in [3.05, 3.63) is 29.8 Å². The van der Waals surface area contributed by atoms with Crippen LogP contribution in [0.4, 0.5) is 5.69 Å². The van der Waals surface area contributed by atoms with Crippen molar-refractivity contribution in [1.82, 2.24) is 5.32 Å². The second kappa shape index (κ2) is 8.70. The number of para-hydroxylation sites is 1. The number of carbonyl (C=O) groups is 1. The molecule has 1 aromatic carbocycles. The van der Waals surface area contributed by atoms with Gasteiger partial charge in [-0.15, -0.1) is 0 Å². The summed E-state index contributed by atoms with van der Waals surface area (Å²) >= 11 is 0. The van der Waals surface area contributed by atoms with Gasteiger partial charge in [-0.1, -0.05) is 51.3 Å². The molecule has 1 aliphatic carbocycles. The molecule has 0 atom stereocenters. The normalized spacial score (nSPS) is 16.0. The Kier molecular flexibility index (Phi) is 6.87. The molecule has 1 aliphatic rings. The van der Waals surface area contributed by atoms with E-state index in [4.69, 9.17) is 0 Å². The average molecular weight is 367 g/mol. The fourth-order valence-electron chi connectivity index (χ4n) is 3.46. The smallest absolute Gasteiger partial charge is 0.232 e. The summed E-state index contributed by atoms with van der Waals surface area (Å²) < 4.78 is 26.0. The second-order valence-electron chi connectivity index (χ2n) is 7.17. The van der Waals surface area contributed by atoms with Crippen molar-refractivity contribution in [2.24, 2.45) is 5.92 Å². The Balaban J connectivity index is 2.06. The molecular weight excluding hydrogens is 336 g/mol. The van der Waals surface area contributed by atoms with Gasteiger partial charge in [0.15, 0.2) is 0 Å². The van der Waals surface area contributed by atoms with E-state index in [1.54, 1.807) is 0 Å². The number of rotatable bonds is 7. The molecule has 1 amide bonds. The highest BCUT2D eigenvalue weighted by atomic mass is 32.2. The zero-order valence-electron chi connectivity index (χ0n) is 15.5. The molecule has 5 nitrogen and oxygen atoms in total. The van der Waals surface area contributed by atoms with Gasteiger partial charge in [0, 0.05) is 12.5 Å². The van der Waals surface area contributed by atoms with Gasteiger partial charge in [-0.05, 0) is 30.4 Å². The van der Waals surface area contributed by atoms with E-state index in [1.807, 2.05) is 38.1 Å². The SMILES string of the molecule is CC(C)c1ccccc1N(CCNC(=O)C1CCCCC1)S(C)(=O)=O. The fraction of sp³-hybridized carbons (Fsp3) is 0.632. The van der Waals surface area contributed by atoms with E-state index in [9.17, 15) is 13.2 Å². The van der Waals surface area contributed by atoms with Crippen LogP contribution in [0.3, 0.4) is 0 Å². The summed E-state index contributed by atoms with van der Waals surface area (Å²) in [5.74, 6) is 0.367. The lowest BCUT2D eigenvalue weighted by Crippen LogP contribution is -2.40. The van der Waals surface area contributed by atoms with Crippen molar-refractivity contribution >= 4 is 21.6 Å². The molecule has 0 heterocycles. The van der Waals surface area contributed by atoms with Gasteiger partial charge in [-0.2, -0.15) is 0 Å². The van der Waals surface area contributed by atoms with E-state index in [0.29, 0.717) is 12.2 Å². The minimum Gasteiger partial charge on any atom is -0.354 e. The number of hydrogen-bond acceptors (Lipinski definition) is 3. The van der Waals surface area contributed by atoms with Crippen molar-refractivity contribution in [1.29, 1.82) is 0 Å². The largest absolute Gasteiger partial charge is 0.354 e. The summed E-state index contributed by atoms with van der Waals surface area (Å²) in [5.41, 5.74) is 1.69. The van der Waals surface area contributed by atoms with E-state index in [-0.39, 0.29) is 24.3 Å². The summed E-state index contributed by atoms with van der Waals surface area (Å²) in [4.78, 5) is 12.3. The molecule has 0 bridgehead atoms. The predicted octanol–water partition coefficient (Wildman–Crippen LogP) is 3.27. The van der Waals surface area contributed by atoms with Crippen molar-refractivity contribution in [3.63, 3.8) is 0 Å². The minimum absolute atomic E-state index is 0.0605. The van der Waals surface area contributed by atoms with Gasteiger partial charge in [0.1, 0.15) is 0 Å². The Morgan fingerprint density at radius 3 is 2.44 bits per heavy atom. The topological polar surface area (TPSA) is 66.5 Å². The van der Waals surface area contributed by atoms with Crippen LogP contribution in [0.25, 0.3) is 0 Å². The molecule has 140 valence electrons. The van der Waals surface area contributed by atoms with Gasteiger partial charge in [-0.25, -0.2) is 8.42 Å². The molecule has 6 heteroatoms. The van der Waals surface area contributed by atoms with Crippen LogP contribution in [0.15, 0.2) is 24.3 Å². The molecule has 0 aliphatic heterocycles. The molecule has 1 N–H and O–H groups in total. The fourth-order valence-corrected chi connectivity index (χ4v) is 4.40. The predicted molar refractivity (Wildman–Crippen MR) is 102 cm³/mol. The summed E-state index contributed by atoms with van der Waals surface area (Å²) in [6.45, 7) is 4.67. The molecular formula is C19H30N2O3S. The molecule has 0 radical (unpaired) electrons. The summed E-state index contributed by atoms with van der Waals surface area (Å²) in [6.07, 6.45) is 6.52. The molecule has 0 spiro atoms. The second-order valence-corrected chi connectivity index (χ2v) is 9.08. The van der Waals surface area contributed by atoms with Gasteiger partial charge in [0.2, 0.25) is 15.9 Å². The van der Waals surface area contributed by atoms with E-state index >= 15 is 0 Å². The summed E-state index contributed by atoms with van der Waals surface area (Å²) in [7, 11) is -3.41. The van der Waals surface area contributed by atoms with E-state index in [1.165, 1.54) is 17.0 Å². The Labute approximate surface area is 151 Å². The number of nitrogens with zero attached hydrogens (tertiary/aromatic N) is 1. The van der Waals surface area contributed by atoms with Gasteiger partial charge < -0.3 is 5.32 Å². The van der Waals surface area contributed by atoms with Crippen molar-refractivity contribution in [2.75, 3.05) is 23.7 Å². The average Bonchev–Trinajstić information content (AvgIpc) is 2.58. The first-order valence-corrected chi connectivity index (χ1v) is 11.0. The van der Waals surface area contributed by atoms with E-state index in [0.717, 1.165) is 31.2 Å². The van der Waals surface area contributed by atoms with Crippen LogP contribution >= 0.6 is 0 Å². The maximum Gasteiger partial charge on any atom is 0.232 e. The highest BCUT2D eigenvalue weighted by Gasteiger charge is 2.23. The maximum absolute atomic E-state index is 12.3. The molecule has 1 aromatic rings. The summed E-state index contributed by atoms with van der Waals surface area (Å²) in [5, 5.41) is 2.93. The third-order valence-electron chi connectivity index (χ3n) is 4.82. The lowest BCUT2D eigenvalue weighted by molar-refractivity contribution is -0.125. The van der Waals surface area contributed by atoms with Crippen LogP contribution in [-0.2, 0) is 14.8 Å². The third-order valence-corrected chi connectivity index (χ3v) is 6.00. The minimum atomic E-state index is -3.41. The van der Waals surface area contributed by atoms with Gasteiger partial charge >= 0.3 is 0 Å². The lowest BCUT2D eigenvalue weighted by atomic mass is 9.89. The zero-order chi connectivity index (χ0) is 18.4. The molecule has 1 saturated carbocycles. The van der Waals surface area contributed by atoms with Crippen LogP contribution in [0.2, 0.25) is 0 Å². The number of carbonyl (C=O) groups excluding carboxylic acids is 1. The van der Waals surface area contributed by atoms with Crippen LogP contribution in [0, 0.1) is 5.92 Å². The maximum atomic E-state index is 12.3. The molecule has 2 rings (SSSR count). The van der Waals surface area contributed by atoms with Crippen LogP contribution in [0.5, 0.6) is 0 Å². The summed E-state index contributed by atoms with van der Waals surface area (Å²) in [6, 6.07) is 7.56. The lowest BCUT2D eigenvalue weighted by Gasteiger charge is -2.27. The molecule has 0 saturated heterocycles. The monoisotopic (exact) mass is 366 g/mol. The third kappa shape index (κ3) is 5.46. The highest BCUT2D eigenvalue weighted by molar-refractivity contribution is 7.92. The van der Waals surface area contributed by atoms with Crippen LogP contribution < -0.4 is 9.62 Å². The van der Waals surface area contributed by atoms with Crippen LogP contribution in [-0.4, -0.2) is 33.7 Å². The quantitative estimate of drug-likeness (QED) is 0.805. The standard InChI is InChI=1S/C19H30N2O3S/c1-15(2)17-11-7-8-12-18(17)21(25(3,23)24)14-13-20-19(22)16-9-5-4-6-10-16/h7-8,11-12,15-16H,4-6,9-10,13-14H2,1-3H3,(H,20,22). The number of sulfonamides is 1. The Morgan fingerprint density at radius 1 is 1.20 bits per heavy atom. The molecule has 25 heavy (non-hydrogen) atoms. The zero-order valence-corrected chi connectivity index (χ0v) is 16.3.